The van der Waals surface area contributed by atoms with Crippen LogP contribution in [0, 0.1) is 12.7 Å². The van der Waals surface area contributed by atoms with Crippen LogP contribution in [0.3, 0.4) is 0 Å². The van der Waals surface area contributed by atoms with Gasteiger partial charge in [0.05, 0.1) is 6.04 Å². The molecule has 1 aliphatic rings. The van der Waals surface area contributed by atoms with E-state index in [9.17, 15) is 4.39 Å². The van der Waals surface area contributed by atoms with Gasteiger partial charge >= 0.3 is 0 Å². The van der Waals surface area contributed by atoms with Crippen molar-refractivity contribution in [1.82, 2.24) is 4.90 Å². The van der Waals surface area contributed by atoms with Gasteiger partial charge in [-0.05, 0) is 43.1 Å². The first-order valence-electron chi connectivity index (χ1n) is 6.71. The standard InChI is InChI=1S/C17H18FN/c1-12-6-3-4-8-14(12)17-16-13(10-11-19(17)2)7-5-9-15(16)18/h3-9,17H,10-11H2,1-2H3. The van der Waals surface area contributed by atoms with Gasteiger partial charge < -0.3 is 0 Å². The van der Waals surface area contributed by atoms with Gasteiger partial charge in [-0.1, -0.05) is 36.4 Å². The number of halogens is 1. The molecule has 0 aromatic heterocycles. The van der Waals surface area contributed by atoms with Crippen molar-refractivity contribution in [3.63, 3.8) is 0 Å². The lowest BCUT2D eigenvalue weighted by molar-refractivity contribution is 0.257. The summed E-state index contributed by atoms with van der Waals surface area (Å²) in [7, 11) is 2.08. The zero-order valence-electron chi connectivity index (χ0n) is 11.4. The topological polar surface area (TPSA) is 3.24 Å². The molecule has 1 aliphatic heterocycles. The monoisotopic (exact) mass is 255 g/mol. The lowest BCUT2D eigenvalue weighted by atomic mass is 9.86. The van der Waals surface area contributed by atoms with E-state index in [1.807, 2.05) is 18.2 Å². The molecule has 19 heavy (non-hydrogen) atoms. The van der Waals surface area contributed by atoms with Crippen LogP contribution in [0.2, 0.25) is 0 Å². The average molecular weight is 255 g/mol. The van der Waals surface area contributed by atoms with Gasteiger partial charge in [0.2, 0.25) is 0 Å². The third-order valence-electron chi connectivity index (χ3n) is 4.07. The van der Waals surface area contributed by atoms with Crippen molar-refractivity contribution in [2.45, 2.75) is 19.4 Å². The van der Waals surface area contributed by atoms with E-state index in [4.69, 9.17) is 0 Å². The summed E-state index contributed by atoms with van der Waals surface area (Å²) in [6, 6.07) is 13.7. The number of benzene rings is 2. The number of fused-ring (bicyclic) bond motifs is 1. The number of nitrogens with zero attached hydrogens (tertiary/aromatic N) is 1. The highest BCUT2D eigenvalue weighted by atomic mass is 19.1. The van der Waals surface area contributed by atoms with Gasteiger partial charge in [0.15, 0.2) is 0 Å². The molecule has 98 valence electrons. The van der Waals surface area contributed by atoms with Gasteiger partial charge in [-0.15, -0.1) is 0 Å². The maximum absolute atomic E-state index is 14.3. The molecular weight excluding hydrogens is 237 g/mol. The molecule has 0 amide bonds. The fraction of sp³-hybridized carbons (Fsp3) is 0.294. The third kappa shape index (κ3) is 2.06. The Labute approximate surface area is 113 Å². The van der Waals surface area contributed by atoms with Crippen LogP contribution in [-0.2, 0) is 6.42 Å². The van der Waals surface area contributed by atoms with Crippen LogP contribution in [0.5, 0.6) is 0 Å². The third-order valence-corrected chi connectivity index (χ3v) is 4.07. The fourth-order valence-corrected chi connectivity index (χ4v) is 3.04. The highest BCUT2D eigenvalue weighted by molar-refractivity contribution is 5.43. The van der Waals surface area contributed by atoms with E-state index < -0.39 is 0 Å². The zero-order valence-corrected chi connectivity index (χ0v) is 11.4. The highest BCUT2D eigenvalue weighted by Crippen LogP contribution is 2.36. The summed E-state index contributed by atoms with van der Waals surface area (Å²) in [5.41, 5.74) is 4.42. The minimum Gasteiger partial charge on any atom is -0.295 e. The smallest absolute Gasteiger partial charge is 0.128 e. The Morgan fingerprint density at radius 3 is 2.68 bits per heavy atom. The molecule has 3 rings (SSSR count). The first kappa shape index (κ1) is 12.4. The normalized spacial score (nSPS) is 19.2. The predicted octanol–water partition coefficient (Wildman–Crippen LogP) is 3.71. The molecule has 1 heterocycles. The van der Waals surface area contributed by atoms with Crippen molar-refractivity contribution >= 4 is 0 Å². The highest BCUT2D eigenvalue weighted by Gasteiger charge is 2.29. The summed E-state index contributed by atoms with van der Waals surface area (Å²) >= 11 is 0. The quantitative estimate of drug-likeness (QED) is 0.751. The van der Waals surface area contributed by atoms with Crippen molar-refractivity contribution in [2.75, 3.05) is 13.6 Å². The van der Waals surface area contributed by atoms with E-state index in [1.165, 1.54) is 11.1 Å². The molecule has 0 fully saturated rings. The fourth-order valence-electron chi connectivity index (χ4n) is 3.04. The minimum absolute atomic E-state index is 0.0335. The van der Waals surface area contributed by atoms with Crippen molar-refractivity contribution in [3.05, 3.63) is 70.5 Å². The number of aryl methyl sites for hydroxylation is 1. The Morgan fingerprint density at radius 1 is 1.11 bits per heavy atom. The van der Waals surface area contributed by atoms with Crippen molar-refractivity contribution in [1.29, 1.82) is 0 Å². The summed E-state index contributed by atoms with van der Waals surface area (Å²) < 4.78 is 14.3. The molecule has 1 atom stereocenters. The Bertz CT molecular complexity index is 606. The van der Waals surface area contributed by atoms with Gasteiger partial charge in [-0.25, -0.2) is 4.39 Å². The summed E-state index contributed by atoms with van der Waals surface area (Å²) in [6.45, 7) is 3.06. The lowest BCUT2D eigenvalue weighted by Gasteiger charge is -2.36. The number of hydrogen-bond donors (Lipinski definition) is 0. The zero-order chi connectivity index (χ0) is 13.4. The number of hydrogen-bond acceptors (Lipinski definition) is 1. The first-order chi connectivity index (χ1) is 9.18. The van der Waals surface area contributed by atoms with Crippen molar-refractivity contribution in [2.24, 2.45) is 0 Å². The second kappa shape index (κ2) is 4.78. The average Bonchev–Trinajstić information content (AvgIpc) is 2.41. The van der Waals surface area contributed by atoms with E-state index in [-0.39, 0.29) is 11.9 Å². The molecule has 2 aromatic carbocycles. The molecule has 0 radical (unpaired) electrons. The molecular formula is C17H18FN. The molecule has 0 bridgehead atoms. The number of rotatable bonds is 1. The van der Waals surface area contributed by atoms with Crippen LogP contribution in [-0.4, -0.2) is 18.5 Å². The van der Waals surface area contributed by atoms with Crippen LogP contribution >= 0.6 is 0 Å². The van der Waals surface area contributed by atoms with Crippen LogP contribution in [0.4, 0.5) is 4.39 Å². The van der Waals surface area contributed by atoms with Gasteiger partial charge in [-0.3, -0.25) is 4.90 Å². The van der Waals surface area contributed by atoms with Gasteiger partial charge in [0.1, 0.15) is 5.82 Å². The number of likely N-dealkylation sites (N-methyl/N-ethyl adjacent to an activating group) is 1. The van der Waals surface area contributed by atoms with Crippen molar-refractivity contribution < 1.29 is 4.39 Å². The maximum Gasteiger partial charge on any atom is 0.128 e. The molecule has 0 N–H and O–H groups in total. The second-order valence-electron chi connectivity index (χ2n) is 5.30. The van der Waals surface area contributed by atoms with E-state index in [0.717, 1.165) is 24.1 Å². The van der Waals surface area contributed by atoms with Crippen LogP contribution in [0.15, 0.2) is 42.5 Å². The Morgan fingerprint density at radius 2 is 1.89 bits per heavy atom. The van der Waals surface area contributed by atoms with Crippen LogP contribution in [0.1, 0.15) is 28.3 Å². The molecule has 0 saturated carbocycles. The summed E-state index contributed by atoms with van der Waals surface area (Å²) in [5, 5.41) is 0. The Hall–Kier alpha value is -1.67. The molecule has 0 spiro atoms. The van der Waals surface area contributed by atoms with E-state index >= 15 is 0 Å². The Balaban J connectivity index is 2.19. The van der Waals surface area contributed by atoms with E-state index in [2.05, 4.69) is 37.1 Å². The molecule has 0 saturated heterocycles. The van der Waals surface area contributed by atoms with Crippen LogP contribution in [0.25, 0.3) is 0 Å². The lowest BCUT2D eigenvalue weighted by Crippen LogP contribution is -2.34. The van der Waals surface area contributed by atoms with Gasteiger partial charge in [0, 0.05) is 12.1 Å². The largest absolute Gasteiger partial charge is 0.295 e. The summed E-state index contributed by atoms with van der Waals surface area (Å²) in [4.78, 5) is 2.24. The molecule has 0 aliphatic carbocycles. The summed E-state index contributed by atoms with van der Waals surface area (Å²) in [6.07, 6.45) is 0.923. The first-order valence-corrected chi connectivity index (χ1v) is 6.71. The predicted molar refractivity (Wildman–Crippen MR) is 75.8 cm³/mol. The molecule has 2 heteroatoms. The van der Waals surface area contributed by atoms with E-state index in [1.54, 1.807) is 6.07 Å². The van der Waals surface area contributed by atoms with Gasteiger partial charge in [-0.2, -0.15) is 0 Å². The van der Waals surface area contributed by atoms with E-state index in [0.29, 0.717) is 0 Å². The second-order valence-corrected chi connectivity index (χ2v) is 5.30. The SMILES string of the molecule is Cc1ccccc1C1c2c(F)cccc2CCN1C. The van der Waals surface area contributed by atoms with Crippen LogP contribution < -0.4 is 0 Å². The summed E-state index contributed by atoms with van der Waals surface area (Å²) in [5.74, 6) is -0.0858. The van der Waals surface area contributed by atoms with Gasteiger partial charge in [0.25, 0.3) is 0 Å². The minimum atomic E-state index is -0.0858. The molecule has 1 unspecified atom stereocenters. The molecule has 2 aromatic rings. The maximum atomic E-state index is 14.3. The Kier molecular flexibility index (Phi) is 3.11. The van der Waals surface area contributed by atoms with Crippen molar-refractivity contribution in [3.8, 4) is 0 Å². The molecule has 1 nitrogen and oxygen atoms in total.